The molecule has 0 fully saturated rings. The summed E-state index contributed by atoms with van der Waals surface area (Å²) in [7, 11) is -3.73. The van der Waals surface area contributed by atoms with Gasteiger partial charge in [0, 0.05) is 11.4 Å². The van der Waals surface area contributed by atoms with Crippen LogP contribution in [0.15, 0.2) is 77.7 Å². The Morgan fingerprint density at radius 3 is 2.33 bits per heavy atom. The van der Waals surface area contributed by atoms with Crippen LogP contribution in [-0.2, 0) is 20.6 Å². The number of anilines is 2. The van der Waals surface area contributed by atoms with Gasteiger partial charge in [0.15, 0.2) is 0 Å². The van der Waals surface area contributed by atoms with Crippen molar-refractivity contribution in [1.29, 1.82) is 0 Å². The van der Waals surface area contributed by atoms with Gasteiger partial charge < -0.3 is 5.32 Å². The molecule has 156 valence electrons. The van der Waals surface area contributed by atoms with Crippen molar-refractivity contribution >= 4 is 39.1 Å². The molecule has 8 heteroatoms. The predicted molar refractivity (Wildman–Crippen MR) is 120 cm³/mol. The number of amides is 1. The van der Waals surface area contributed by atoms with E-state index in [1.165, 1.54) is 42.1 Å². The van der Waals surface area contributed by atoms with Crippen molar-refractivity contribution in [2.24, 2.45) is 0 Å². The van der Waals surface area contributed by atoms with E-state index in [1.807, 2.05) is 19.1 Å². The van der Waals surface area contributed by atoms with Crippen molar-refractivity contribution in [2.45, 2.75) is 17.6 Å². The molecule has 3 rings (SSSR count). The van der Waals surface area contributed by atoms with Crippen molar-refractivity contribution in [2.75, 3.05) is 15.8 Å². The van der Waals surface area contributed by atoms with Crippen LogP contribution < -0.4 is 10.0 Å². The fraction of sp³-hybridized carbons (Fsp3) is 0.136. The SMILES string of the molecule is Cc1ccccc1NS(=O)(=O)c1ccc(NC(=O)CSCc2ccccc2F)cc1. The number of thioether (sulfide) groups is 1. The number of hydrogen-bond acceptors (Lipinski definition) is 4. The van der Waals surface area contributed by atoms with E-state index in [9.17, 15) is 17.6 Å². The smallest absolute Gasteiger partial charge is 0.261 e. The summed E-state index contributed by atoms with van der Waals surface area (Å²) < 4.78 is 41.3. The maximum atomic E-state index is 13.6. The van der Waals surface area contributed by atoms with Crippen LogP contribution in [0.25, 0.3) is 0 Å². The van der Waals surface area contributed by atoms with E-state index in [4.69, 9.17) is 0 Å². The summed E-state index contributed by atoms with van der Waals surface area (Å²) in [5.41, 5.74) is 2.37. The lowest BCUT2D eigenvalue weighted by Gasteiger charge is -2.11. The van der Waals surface area contributed by atoms with Crippen molar-refractivity contribution in [3.8, 4) is 0 Å². The third-order valence-electron chi connectivity index (χ3n) is 4.29. The third kappa shape index (κ3) is 5.84. The van der Waals surface area contributed by atoms with Crippen LogP contribution in [0.2, 0.25) is 0 Å². The Balaban J connectivity index is 1.55. The van der Waals surface area contributed by atoms with Gasteiger partial charge in [-0.05, 0) is 54.4 Å². The molecule has 1 amide bonds. The standard InChI is InChI=1S/C22H21FN2O3S2/c1-16-6-2-5-9-21(16)25-30(27,28)19-12-10-18(11-13-19)24-22(26)15-29-14-17-7-3-4-8-20(17)23/h2-13,25H,14-15H2,1H3,(H,24,26). The molecular formula is C22H21FN2O3S2. The van der Waals surface area contributed by atoms with Crippen LogP contribution in [-0.4, -0.2) is 20.1 Å². The number of hydrogen-bond donors (Lipinski definition) is 2. The normalized spacial score (nSPS) is 11.1. The van der Waals surface area contributed by atoms with E-state index in [1.54, 1.807) is 30.3 Å². The van der Waals surface area contributed by atoms with Gasteiger partial charge in [0.1, 0.15) is 5.82 Å². The van der Waals surface area contributed by atoms with Gasteiger partial charge in [-0.15, -0.1) is 11.8 Å². The largest absolute Gasteiger partial charge is 0.325 e. The molecule has 0 unspecified atom stereocenters. The van der Waals surface area contributed by atoms with Gasteiger partial charge >= 0.3 is 0 Å². The van der Waals surface area contributed by atoms with Gasteiger partial charge in [0.25, 0.3) is 10.0 Å². The van der Waals surface area contributed by atoms with E-state index in [0.29, 0.717) is 22.7 Å². The summed E-state index contributed by atoms with van der Waals surface area (Å²) in [6.45, 7) is 1.82. The molecule has 0 aliphatic heterocycles. The first kappa shape index (κ1) is 21.9. The molecule has 0 radical (unpaired) electrons. The van der Waals surface area contributed by atoms with Gasteiger partial charge in [-0.2, -0.15) is 0 Å². The number of aryl methyl sites for hydroxylation is 1. The number of benzene rings is 3. The minimum atomic E-state index is -3.73. The Morgan fingerprint density at radius 1 is 0.967 bits per heavy atom. The van der Waals surface area contributed by atoms with Gasteiger partial charge in [0.2, 0.25) is 5.91 Å². The van der Waals surface area contributed by atoms with Crippen molar-refractivity contribution in [3.05, 3.63) is 89.7 Å². The van der Waals surface area contributed by atoms with Gasteiger partial charge in [-0.1, -0.05) is 36.4 Å². The second-order valence-corrected chi connectivity index (χ2v) is 9.25. The van der Waals surface area contributed by atoms with Crippen molar-refractivity contribution in [1.82, 2.24) is 0 Å². The van der Waals surface area contributed by atoms with Crippen molar-refractivity contribution < 1.29 is 17.6 Å². The number of carbonyl (C=O) groups is 1. The minimum absolute atomic E-state index is 0.0951. The van der Waals surface area contributed by atoms with E-state index in [-0.39, 0.29) is 22.4 Å². The van der Waals surface area contributed by atoms with Crippen molar-refractivity contribution in [3.63, 3.8) is 0 Å². The maximum Gasteiger partial charge on any atom is 0.261 e. The lowest BCUT2D eigenvalue weighted by atomic mass is 10.2. The second-order valence-electron chi connectivity index (χ2n) is 6.58. The number of carbonyl (C=O) groups excluding carboxylic acids is 1. The Kier molecular flexibility index (Phi) is 7.12. The molecular weight excluding hydrogens is 423 g/mol. The topological polar surface area (TPSA) is 75.3 Å². The molecule has 0 bridgehead atoms. The summed E-state index contributed by atoms with van der Waals surface area (Å²) in [6, 6.07) is 19.5. The Morgan fingerprint density at radius 2 is 1.63 bits per heavy atom. The van der Waals surface area contributed by atoms with Crippen LogP contribution in [0.5, 0.6) is 0 Å². The van der Waals surface area contributed by atoms with Gasteiger partial charge in [-0.25, -0.2) is 12.8 Å². The summed E-state index contributed by atoms with van der Waals surface area (Å²) in [5.74, 6) is 0.0110. The van der Waals surface area contributed by atoms with Gasteiger partial charge in [0.05, 0.1) is 16.3 Å². The number of nitrogens with one attached hydrogen (secondary N) is 2. The number of halogens is 1. The van der Waals surface area contributed by atoms with E-state index in [2.05, 4.69) is 10.0 Å². The first-order valence-corrected chi connectivity index (χ1v) is 11.8. The van der Waals surface area contributed by atoms with E-state index < -0.39 is 10.0 Å². The molecule has 0 saturated heterocycles. The first-order valence-electron chi connectivity index (χ1n) is 9.15. The molecule has 0 aromatic heterocycles. The monoisotopic (exact) mass is 444 g/mol. The minimum Gasteiger partial charge on any atom is -0.325 e. The van der Waals surface area contributed by atoms with Crippen LogP contribution in [0.4, 0.5) is 15.8 Å². The zero-order valence-corrected chi connectivity index (χ0v) is 17.9. The highest BCUT2D eigenvalue weighted by Gasteiger charge is 2.15. The molecule has 30 heavy (non-hydrogen) atoms. The quantitative estimate of drug-likeness (QED) is 0.523. The molecule has 3 aromatic carbocycles. The third-order valence-corrected chi connectivity index (χ3v) is 6.65. The lowest BCUT2D eigenvalue weighted by Crippen LogP contribution is -2.15. The van der Waals surface area contributed by atoms with Crippen LogP contribution in [0.1, 0.15) is 11.1 Å². The predicted octanol–water partition coefficient (Wildman–Crippen LogP) is 4.81. The Bertz CT molecular complexity index is 1130. The number of sulfonamides is 1. The molecule has 0 aliphatic rings. The average molecular weight is 445 g/mol. The van der Waals surface area contributed by atoms with E-state index in [0.717, 1.165) is 5.56 Å². The zero-order chi connectivity index (χ0) is 21.6. The van der Waals surface area contributed by atoms with Crippen LogP contribution >= 0.6 is 11.8 Å². The van der Waals surface area contributed by atoms with E-state index >= 15 is 0 Å². The number of para-hydroxylation sites is 1. The highest BCUT2D eigenvalue weighted by molar-refractivity contribution is 7.99. The maximum absolute atomic E-state index is 13.6. The summed E-state index contributed by atoms with van der Waals surface area (Å²) in [5, 5.41) is 2.71. The molecule has 0 spiro atoms. The summed E-state index contributed by atoms with van der Waals surface area (Å²) >= 11 is 1.30. The van der Waals surface area contributed by atoms with Crippen LogP contribution in [0, 0.1) is 12.7 Å². The Labute approximate surface area is 179 Å². The second kappa shape index (κ2) is 9.77. The molecule has 0 saturated carbocycles. The molecule has 0 heterocycles. The highest BCUT2D eigenvalue weighted by atomic mass is 32.2. The first-order chi connectivity index (χ1) is 14.3. The highest BCUT2D eigenvalue weighted by Crippen LogP contribution is 2.21. The molecule has 5 nitrogen and oxygen atoms in total. The average Bonchev–Trinajstić information content (AvgIpc) is 2.71. The zero-order valence-electron chi connectivity index (χ0n) is 16.3. The molecule has 2 N–H and O–H groups in total. The van der Waals surface area contributed by atoms with Crippen LogP contribution in [0.3, 0.4) is 0 Å². The summed E-state index contributed by atoms with van der Waals surface area (Å²) in [6.07, 6.45) is 0. The number of rotatable bonds is 8. The molecule has 3 aromatic rings. The van der Waals surface area contributed by atoms with Gasteiger partial charge in [-0.3, -0.25) is 9.52 Å². The molecule has 0 atom stereocenters. The molecule has 0 aliphatic carbocycles. The Hall–Kier alpha value is -2.84. The lowest BCUT2D eigenvalue weighted by molar-refractivity contribution is -0.113. The fourth-order valence-electron chi connectivity index (χ4n) is 2.67. The summed E-state index contributed by atoms with van der Waals surface area (Å²) in [4.78, 5) is 12.2. The fourth-order valence-corrected chi connectivity index (χ4v) is 4.62.